The molecular weight excluding hydrogens is 275 g/mol. The number of methoxy groups -OCH3 is 1. The van der Waals surface area contributed by atoms with Crippen LogP contribution in [0.15, 0.2) is 48.5 Å². The summed E-state index contributed by atoms with van der Waals surface area (Å²) < 4.78 is 25.5. The van der Waals surface area contributed by atoms with Crippen LogP contribution < -0.4 is 9.47 Å². The molecule has 0 unspecified atom stereocenters. The smallest absolute Gasteiger partial charge is 0.161 e. The van der Waals surface area contributed by atoms with Crippen LogP contribution in [0.5, 0.6) is 11.5 Å². The number of para-hydroxylation sites is 2. The molecule has 0 N–H and O–H groups in total. The molecule has 0 aliphatic heterocycles. The molecule has 1 heterocycles. The molecule has 0 bridgehead atoms. The molecule has 2 nitrogen and oxygen atoms in total. The van der Waals surface area contributed by atoms with E-state index in [1.54, 1.807) is 13.2 Å². The first-order valence-corrected chi connectivity index (χ1v) is 7.02. The Morgan fingerprint density at radius 1 is 1.05 bits per heavy atom. The van der Waals surface area contributed by atoms with Crippen molar-refractivity contribution in [2.24, 2.45) is 0 Å². The molecule has 0 aliphatic rings. The van der Waals surface area contributed by atoms with Gasteiger partial charge in [-0.3, -0.25) is 0 Å². The van der Waals surface area contributed by atoms with Crippen molar-refractivity contribution in [1.82, 2.24) is 0 Å². The van der Waals surface area contributed by atoms with Crippen LogP contribution in [-0.2, 0) is 6.61 Å². The van der Waals surface area contributed by atoms with Crippen LogP contribution in [0, 0.1) is 5.82 Å². The zero-order valence-electron chi connectivity index (χ0n) is 10.9. The summed E-state index contributed by atoms with van der Waals surface area (Å²) in [6, 6.07) is 14.4. The Hall–Kier alpha value is -2.07. The Labute approximate surface area is 120 Å². The van der Waals surface area contributed by atoms with Crippen molar-refractivity contribution in [3.63, 3.8) is 0 Å². The number of fused-ring (bicyclic) bond motifs is 1. The van der Waals surface area contributed by atoms with E-state index in [1.807, 2.05) is 36.4 Å². The van der Waals surface area contributed by atoms with Gasteiger partial charge in [0.25, 0.3) is 0 Å². The molecule has 102 valence electrons. The third-order valence-electron chi connectivity index (χ3n) is 3.00. The first-order chi connectivity index (χ1) is 9.78. The zero-order valence-corrected chi connectivity index (χ0v) is 11.7. The molecule has 3 rings (SSSR count). The summed E-state index contributed by atoms with van der Waals surface area (Å²) in [5.74, 6) is 1.19. The van der Waals surface area contributed by atoms with Gasteiger partial charge in [0.15, 0.2) is 11.5 Å². The molecule has 0 fully saturated rings. The maximum Gasteiger partial charge on any atom is 0.161 e. The monoisotopic (exact) mass is 288 g/mol. The first kappa shape index (κ1) is 12.9. The number of halogens is 1. The standard InChI is InChI=1S/C16H13FO2S/c1-18-14-6-2-3-7-15(14)19-10-11-9-12-13(17)5-4-8-16(12)20-11/h2-9H,10H2,1H3. The molecule has 3 aromatic rings. The summed E-state index contributed by atoms with van der Waals surface area (Å²) in [6.07, 6.45) is 0. The van der Waals surface area contributed by atoms with Gasteiger partial charge in [-0.2, -0.15) is 0 Å². The lowest BCUT2D eigenvalue weighted by molar-refractivity contribution is 0.287. The van der Waals surface area contributed by atoms with E-state index in [0.29, 0.717) is 23.5 Å². The minimum atomic E-state index is -0.192. The minimum Gasteiger partial charge on any atom is -0.493 e. The van der Waals surface area contributed by atoms with Gasteiger partial charge < -0.3 is 9.47 Å². The van der Waals surface area contributed by atoms with Gasteiger partial charge in [0.05, 0.1) is 7.11 Å². The molecule has 4 heteroatoms. The Kier molecular flexibility index (Phi) is 3.56. The fourth-order valence-electron chi connectivity index (χ4n) is 2.04. The normalized spacial score (nSPS) is 10.7. The zero-order chi connectivity index (χ0) is 13.9. The highest BCUT2D eigenvalue weighted by atomic mass is 32.1. The molecule has 2 aromatic carbocycles. The lowest BCUT2D eigenvalue weighted by Gasteiger charge is -2.08. The van der Waals surface area contributed by atoms with Gasteiger partial charge in [-0.05, 0) is 30.3 Å². The van der Waals surface area contributed by atoms with Crippen LogP contribution in [0.1, 0.15) is 4.88 Å². The van der Waals surface area contributed by atoms with Gasteiger partial charge in [-0.1, -0.05) is 18.2 Å². The lowest BCUT2D eigenvalue weighted by Crippen LogP contribution is -1.95. The van der Waals surface area contributed by atoms with Crippen molar-refractivity contribution in [1.29, 1.82) is 0 Å². The van der Waals surface area contributed by atoms with Crippen molar-refractivity contribution < 1.29 is 13.9 Å². The van der Waals surface area contributed by atoms with Crippen LogP contribution >= 0.6 is 11.3 Å². The van der Waals surface area contributed by atoms with E-state index in [1.165, 1.54) is 17.4 Å². The van der Waals surface area contributed by atoms with Crippen molar-refractivity contribution >= 4 is 21.4 Å². The third kappa shape index (κ3) is 2.47. The summed E-state index contributed by atoms with van der Waals surface area (Å²) in [7, 11) is 1.61. The Bertz CT molecular complexity index is 736. The molecule has 0 spiro atoms. The van der Waals surface area contributed by atoms with Gasteiger partial charge in [-0.25, -0.2) is 4.39 Å². The van der Waals surface area contributed by atoms with Gasteiger partial charge in [0, 0.05) is 15.0 Å². The Balaban J connectivity index is 1.82. The van der Waals surface area contributed by atoms with Crippen LogP contribution in [0.2, 0.25) is 0 Å². The van der Waals surface area contributed by atoms with Gasteiger partial charge in [0.2, 0.25) is 0 Å². The van der Waals surface area contributed by atoms with Crippen molar-refractivity contribution in [2.75, 3.05) is 7.11 Å². The number of benzene rings is 2. The average Bonchev–Trinajstić information content (AvgIpc) is 2.90. The van der Waals surface area contributed by atoms with Crippen molar-refractivity contribution in [2.45, 2.75) is 6.61 Å². The highest BCUT2D eigenvalue weighted by Gasteiger charge is 2.08. The lowest BCUT2D eigenvalue weighted by atomic mass is 10.2. The summed E-state index contributed by atoms with van der Waals surface area (Å²) >= 11 is 1.54. The average molecular weight is 288 g/mol. The van der Waals surface area contributed by atoms with E-state index in [0.717, 1.165) is 9.58 Å². The van der Waals surface area contributed by atoms with E-state index in [4.69, 9.17) is 9.47 Å². The highest BCUT2D eigenvalue weighted by Crippen LogP contribution is 2.30. The predicted molar refractivity (Wildman–Crippen MR) is 79.1 cm³/mol. The Morgan fingerprint density at radius 2 is 1.85 bits per heavy atom. The van der Waals surface area contributed by atoms with E-state index < -0.39 is 0 Å². The molecule has 20 heavy (non-hydrogen) atoms. The highest BCUT2D eigenvalue weighted by molar-refractivity contribution is 7.19. The fourth-order valence-corrected chi connectivity index (χ4v) is 3.03. The summed E-state index contributed by atoms with van der Waals surface area (Å²) in [6.45, 7) is 0.402. The van der Waals surface area contributed by atoms with E-state index in [2.05, 4.69) is 0 Å². The number of ether oxygens (including phenoxy) is 2. The second-order valence-corrected chi connectivity index (χ2v) is 5.47. The van der Waals surface area contributed by atoms with Crippen LogP contribution in [0.25, 0.3) is 10.1 Å². The molecule has 0 amide bonds. The van der Waals surface area contributed by atoms with Gasteiger partial charge >= 0.3 is 0 Å². The number of rotatable bonds is 4. The summed E-state index contributed by atoms with van der Waals surface area (Å²) in [5, 5.41) is 0.649. The van der Waals surface area contributed by atoms with Crippen molar-refractivity contribution in [3.8, 4) is 11.5 Å². The SMILES string of the molecule is COc1ccccc1OCc1cc2c(F)cccc2s1. The second-order valence-electron chi connectivity index (χ2n) is 4.30. The largest absolute Gasteiger partial charge is 0.493 e. The summed E-state index contributed by atoms with van der Waals surface area (Å²) in [5.41, 5.74) is 0. The number of hydrogen-bond acceptors (Lipinski definition) is 3. The maximum atomic E-state index is 13.6. The Morgan fingerprint density at radius 3 is 2.60 bits per heavy atom. The topological polar surface area (TPSA) is 18.5 Å². The van der Waals surface area contributed by atoms with Crippen LogP contribution in [0.4, 0.5) is 4.39 Å². The van der Waals surface area contributed by atoms with E-state index in [9.17, 15) is 4.39 Å². The number of hydrogen-bond donors (Lipinski definition) is 0. The summed E-state index contributed by atoms with van der Waals surface area (Å²) in [4.78, 5) is 0.982. The van der Waals surface area contributed by atoms with Crippen LogP contribution in [-0.4, -0.2) is 7.11 Å². The predicted octanol–water partition coefficient (Wildman–Crippen LogP) is 4.63. The van der Waals surface area contributed by atoms with E-state index >= 15 is 0 Å². The van der Waals surface area contributed by atoms with Gasteiger partial charge in [0.1, 0.15) is 12.4 Å². The van der Waals surface area contributed by atoms with Crippen LogP contribution in [0.3, 0.4) is 0 Å². The molecule has 0 saturated carbocycles. The van der Waals surface area contributed by atoms with Crippen molar-refractivity contribution in [3.05, 3.63) is 59.2 Å². The molecule has 1 aromatic heterocycles. The first-order valence-electron chi connectivity index (χ1n) is 6.20. The third-order valence-corrected chi connectivity index (χ3v) is 4.07. The quantitative estimate of drug-likeness (QED) is 0.697. The van der Waals surface area contributed by atoms with E-state index in [-0.39, 0.29) is 5.82 Å². The number of thiophene rings is 1. The minimum absolute atomic E-state index is 0.192. The molecular formula is C16H13FO2S. The molecule has 0 atom stereocenters. The van der Waals surface area contributed by atoms with Gasteiger partial charge in [-0.15, -0.1) is 11.3 Å². The maximum absolute atomic E-state index is 13.6. The molecule has 0 saturated heterocycles. The second kappa shape index (κ2) is 5.51. The molecule has 0 aliphatic carbocycles. The fraction of sp³-hybridized carbons (Fsp3) is 0.125. The molecule has 0 radical (unpaired) electrons.